The summed E-state index contributed by atoms with van der Waals surface area (Å²) in [7, 11) is 1.59. The molecule has 5 heteroatoms. The number of benzene rings is 2. The molecule has 21 heavy (non-hydrogen) atoms. The monoisotopic (exact) mass is 365 g/mol. The van der Waals surface area contributed by atoms with Gasteiger partial charge >= 0.3 is 0 Å². The molecule has 0 amide bonds. The first-order valence-electron chi connectivity index (χ1n) is 6.22. The SMILES string of the molecule is COc1cc(CCl)cc(Br)c1OCc1cccc(C#N)c1. The number of rotatable bonds is 5. The Bertz CT molecular complexity index is 682. The summed E-state index contributed by atoms with van der Waals surface area (Å²) in [5.74, 6) is 1.64. The summed E-state index contributed by atoms with van der Waals surface area (Å²) < 4.78 is 11.9. The number of nitrogens with zero attached hydrogens (tertiary/aromatic N) is 1. The number of alkyl halides is 1. The Labute approximate surface area is 137 Å². The third kappa shape index (κ3) is 3.90. The van der Waals surface area contributed by atoms with Gasteiger partial charge in [0.2, 0.25) is 0 Å². The van der Waals surface area contributed by atoms with Gasteiger partial charge in [-0.25, -0.2) is 0 Å². The summed E-state index contributed by atoms with van der Waals surface area (Å²) >= 11 is 9.30. The molecule has 0 saturated carbocycles. The van der Waals surface area contributed by atoms with Crippen LogP contribution in [0.15, 0.2) is 40.9 Å². The minimum Gasteiger partial charge on any atom is -0.493 e. The first-order chi connectivity index (χ1) is 10.2. The number of halogens is 2. The van der Waals surface area contributed by atoms with Gasteiger partial charge in [0, 0.05) is 5.88 Å². The Morgan fingerprint density at radius 3 is 2.71 bits per heavy atom. The summed E-state index contributed by atoms with van der Waals surface area (Å²) in [6.07, 6.45) is 0. The van der Waals surface area contributed by atoms with Crippen LogP contribution >= 0.6 is 27.5 Å². The third-order valence-corrected chi connectivity index (χ3v) is 3.78. The van der Waals surface area contributed by atoms with Crippen LogP contribution in [0.5, 0.6) is 11.5 Å². The maximum absolute atomic E-state index is 8.90. The molecule has 0 bridgehead atoms. The van der Waals surface area contributed by atoms with E-state index in [-0.39, 0.29) is 0 Å². The molecule has 2 aromatic rings. The highest BCUT2D eigenvalue weighted by atomic mass is 79.9. The van der Waals surface area contributed by atoms with E-state index in [2.05, 4.69) is 22.0 Å². The summed E-state index contributed by atoms with van der Waals surface area (Å²) in [6.45, 7) is 0.352. The predicted octanol–water partition coefficient (Wildman–Crippen LogP) is 4.65. The van der Waals surface area contributed by atoms with E-state index in [0.29, 0.717) is 29.5 Å². The van der Waals surface area contributed by atoms with Gasteiger partial charge in [0.25, 0.3) is 0 Å². The van der Waals surface area contributed by atoms with Gasteiger partial charge in [-0.2, -0.15) is 5.26 Å². The first-order valence-corrected chi connectivity index (χ1v) is 7.55. The minimum absolute atomic E-state index is 0.352. The maximum Gasteiger partial charge on any atom is 0.175 e. The number of methoxy groups -OCH3 is 1. The molecule has 0 aliphatic carbocycles. The molecule has 0 aromatic heterocycles. The van der Waals surface area contributed by atoms with Gasteiger partial charge < -0.3 is 9.47 Å². The van der Waals surface area contributed by atoms with E-state index in [1.807, 2.05) is 24.3 Å². The summed E-state index contributed by atoms with van der Waals surface area (Å²) in [4.78, 5) is 0. The molecular weight excluding hydrogens is 354 g/mol. The molecule has 108 valence electrons. The van der Waals surface area contributed by atoms with E-state index >= 15 is 0 Å². The van der Waals surface area contributed by atoms with Crippen LogP contribution in [0.2, 0.25) is 0 Å². The van der Waals surface area contributed by atoms with E-state index in [4.69, 9.17) is 26.3 Å². The second-order valence-corrected chi connectivity index (χ2v) is 5.47. The molecule has 0 fully saturated rings. The first kappa shape index (κ1) is 15.7. The van der Waals surface area contributed by atoms with Gasteiger partial charge in [-0.05, 0) is 51.3 Å². The molecule has 0 unspecified atom stereocenters. The molecule has 0 N–H and O–H groups in total. The van der Waals surface area contributed by atoms with Crippen LogP contribution in [0.25, 0.3) is 0 Å². The molecule has 3 nitrogen and oxygen atoms in total. The molecular formula is C16H13BrClNO2. The van der Waals surface area contributed by atoms with Gasteiger partial charge in [-0.15, -0.1) is 11.6 Å². The lowest BCUT2D eigenvalue weighted by atomic mass is 10.1. The van der Waals surface area contributed by atoms with E-state index < -0.39 is 0 Å². The molecule has 0 radical (unpaired) electrons. The van der Waals surface area contributed by atoms with E-state index in [0.717, 1.165) is 15.6 Å². The van der Waals surface area contributed by atoms with Crippen LogP contribution in [0, 0.1) is 11.3 Å². The lowest BCUT2D eigenvalue weighted by Gasteiger charge is -2.14. The van der Waals surface area contributed by atoms with Crippen molar-refractivity contribution >= 4 is 27.5 Å². The zero-order chi connectivity index (χ0) is 15.2. The highest BCUT2D eigenvalue weighted by molar-refractivity contribution is 9.10. The molecule has 0 aliphatic rings. The topological polar surface area (TPSA) is 42.2 Å². The maximum atomic E-state index is 8.90. The number of nitriles is 1. The van der Waals surface area contributed by atoms with Crippen molar-refractivity contribution in [1.29, 1.82) is 5.26 Å². The Morgan fingerprint density at radius 1 is 1.24 bits per heavy atom. The summed E-state index contributed by atoms with van der Waals surface area (Å²) in [6, 6.07) is 13.2. The van der Waals surface area contributed by atoms with Crippen molar-refractivity contribution in [2.45, 2.75) is 12.5 Å². The minimum atomic E-state index is 0.352. The van der Waals surface area contributed by atoms with Crippen LogP contribution in [-0.2, 0) is 12.5 Å². The largest absolute Gasteiger partial charge is 0.493 e. The Kier molecular flexibility index (Phi) is 5.49. The normalized spacial score (nSPS) is 10.0. The van der Waals surface area contributed by atoms with Crippen LogP contribution in [-0.4, -0.2) is 7.11 Å². The van der Waals surface area contributed by atoms with E-state index in [9.17, 15) is 0 Å². The van der Waals surface area contributed by atoms with Crippen molar-refractivity contribution < 1.29 is 9.47 Å². The van der Waals surface area contributed by atoms with Crippen LogP contribution < -0.4 is 9.47 Å². The Balaban J connectivity index is 2.21. The highest BCUT2D eigenvalue weighted by Crippen LogP contribution is 2.37. The van der Waals surface area contributed by atoms with Crippen molar-refractivity contribution in [3.63, 3.8) is 0 Å². The van der Waals surface area contributed by atoms with Gasteiger partial charge in [-0.3, -0.25) is 0 Å². The average Bonchev–Trinajstić information content (AvgIpc) is 2.53. The lowest BCUT2D eigenvalue weighted by molar-refractivity contribution is 0.282. The second kappa shape index (κ2) is 7.35. The standard InChI is InChI=1S/C16H13BrClNO2/c1-20-15-7-13(8-18)6-14(17)16(15)21-10-12-4-2-3-11(5-12)9-19/h2-7H,8,10H2,1H3. The predicted molar refractivity (Wildman–Crippen MR) is 85.7 cm³/mol. The zero-order valence-electron chi connectivity index (χ0n) is 11.4. The fourth-order valence-electron chi connectivity index (χ4n) is 1.88. The lowest BCUT2D eigenvalue weighted by Crippen LogP contribution is -1.99. The molecule has 0 atom stereocenters. The molecule has 0 saturated heterocycles. The molecule has 0 spiro atoms. The summed E-state index contributed by atoms with van der Waals surface area (Å²) in [5, 5.41) is 8.90. The van der Waals surface area contributed by atoms with Gasteiger partial charge in [0.05, 0.1) is 23.2 Å². The van der Waals surface area contributed by atoms with Gasteiger partial charge in [0.15, 0.2) is 11.5 Å². The van der Waals surface area contributed by atoms with Gasteiger partial charge in [0.1, 0.15) is 6.61 Å². The van der Waals surface area contributed by atoms with E-state index in [1.165, 1.54) is 0 Å². The molecule has 0 heterocycles. The van der Waals surface area contributed by atoms with Crippen molar-refractivity contribution in [2.75, 3.05) is 7.11 Å². The van der Waals surface area contributed by atoms with Crippen LogP contribution in [0.1, 0.15) is 16.7 Å². The van der Waals surface area contributed by atoms with Gasteiger partial charge in [-0.1, -0.05) is 12.1 Å². The number of hydrogen-bond acceptors (Lipinski definition) is 3. The Hall–Kier alpha value is -1.70. The van der Waals surface area contributed by atoms with Crippen molar-refractivity contribution in [1.82, 2.24) is 0 Å². The molecule has 2 aromatic carbocycles. The fourth-order valence-corrected chi connectivity index (χ4v) is 2.63. The highest BCUT2D eigenvalue weighted by Gasteiger charge is 2.11. The average molecular weight is 367 g/mol. The third-order valence-electron chi connectivity index (χ3n) is 2.88. The zero-order valence-corrected chi connectivity index (χ0v) is 13.7. The van der Waals surface area contributed by atoms with Crippen molar-refractivity contribution in [2.24, 2.45) is 0 Å². The van der Waals surface area contributed by atoms with Crippen molar-refractivity contribution in [3.05, 3.63) is 57.6 Å². The van der Waals surface area contributed by atoms with Crippen LogP contribution in [0.3, 0.4) is 0 Å². The molecule has 2 rings (SSSR count). The fraction of sp³-hybridized carbons (Fsp3) is 0.188. The van der Waals surface area contributed by atoms with Crippen LogP contribution in [0.4, 0.5) is 0 Å². The number of ether oxygens (including phenoxy) is 2. The van der Waals surface area contributed by atoms with Crippen molar-refractivity contribution in [3.8, 4) is 17.6 Å². The Morgan fingerprint density at radius 2 is 2.05 bits per heavy atom. The smallest absolute Gasteiger partial charge is 0.175 e. The molecule has 0 aliphatic heterocycles. The number of hydrogen-bond donors (Lipinski definition) is 0. The second-order valence-electron chi connectivity index (χ2n) is 4.34. The summed E-state index contributed by atoms with van der Waals surface area (Å²) in [5.41, 5.74) is 2.48. The quantitative estimate of drug-likeness (QED) is 0.724. The van der Waals surface area contributed by atoms with E-state index in [1.54, 1.807) is 19.2 Å².